The molecule has 134 valence electrons. The van der Waals surface area contributed by atoms with Gasteiger partial charge in [0.1, 0.15) is 5.75 Å². The summed E-state index contributed by atoms with van der Waals surface area (Å²) >= 11 is 6.21. The molecule has 0 amide bonds. The summed E-state index contributed by atoms with van der Waals surface area (Å²) in [6, 6.07) is 11.0. The first-order valence-electron chi connectivity index (χ1n) is 7.40. The van der Waals surface area contributed by atoms with Crippen LogP contribution >= 0.6 is 11.6 Å². The van der Waals surface area contributed by atoms with E-state index in [1.807, 2.05) is 0 Å². The zero-order valence-corrected chi connectivity index (χ0v) is 15.2. The number of cyclic esters (lactones) is 1. The van der Waals surface area contributed by atoms with Gasteiger partial charge in [0.25, 0.3) is 0 Å². The summed E-state index contributed by atoms with van der Waals surface area (Å²) in [5.41, 5.74) is 2.14. The van der Waals surface area contributed by atoms with Gasteiger partial charge in [-0.3, -0.25) is 0 Å². The van der Waals surface area contributed by atoms with E-state index in [9.17, 15) is 13.2 Å². The van der Waals surface area contributed by atoms with E-state index in [1.54, 1.807) is 36.4 Å². The van der Waals surface area contributed by atoms with Crippen LogP contribution in [0, 0.1) is 0 Å². The van der Waals surface area contributed by atoms with E-state index < -0.39 is 16.0 Å². The molecule has 6 nitrogen and oxygen atoms in total. The molecule has 0 aliphatic carbocycles. The normalized spacial score (nSPS) is 15.7. The van der Waals surface area contributed by atoms with Crippen molar-refractivity contribution in [1.82, 2.24) is 0 Å². The molecule has 1 aliphatic heterocycles. The number of benzene rings is 2. The number of esters is 1. The third-order valence-electron chi connectivity index (χ3n) is 3.81. The lowest BCUT2D eigenvalue weighted by Gasteiger charge is -2.13. The number of primary sulfonamides is 1. The second-order valence-electron chi connectivity index (χ2n) is 5.42. The second kappa shape index (κ2) is 6.95. The monoisotopic (exact) mass is 391 g/mol. The maximum atomic E-state index is 12.1. The molecule has 26 heavy (non-hydrogen) atoms. The standard InChI is InChI=1S/C18H14ClNO5S/c1-24-16-7-4-12(10-15(16)19)17(14-8-9-25-18(14)21)11-2-5-13(6-3-11)26(20,22)23/h2-10H,1H3,(H2,20,22,23). The first-order valence-corrected chi connectivity index (χ1v) is 9.32. The average molecular weight is 392 g/mol. The van der Waals surface area contributed by atoms with Crippen molar-refractivity contribution in [2.24, 2.45) is 5.14 Å². The van der Waals surface area contributed by atoms with Crippen LogP contribution in [-0.2, 0) is 19.6 Å². The number of carbonyl (C=O) groups is 1. The van der Waals surface area contributed by atoms with Crippen LogP contribution in [0.5, 0.6) is 5.75 Å². The van der Waals surface area contributed by atoms with Gasteiger partial charge in [0.2, 0.25) is 10.0 Å². The van der Waals surface area contributed by atoms with Crippen LogP contribution in [0.15, 0.2) is 65.3 Å². The van der Waals surface area contributed by atoms with Gasteiger partial charge in [0.15, 0.2) is 0 Å². The predicted octanol–water partition coefficient (Wildman–Crippen LogP) is 2.87. The van der Waals surface area contributed by atoms with Gasteiger partial charge in [-0.1, -0.05) is 29.8 Å². The lowest BCUT2D eigenvalue weighted by molar-refractivity contribution is -0.132. The smallest absolute Gasteiger partial charge is 0.343 e. The van der Waals surface area contributed by atoms with Gasteiger partial charge in [-0.2, -0.15) is 0 Å². The molecule has 1 heterocycles. The molecule has 0 radical (unpaired) electrons. The zero-order valence-electron chi connectivity index (χ0n) is 13.6. The van der Waals surface area contributed by atoms with Crippen LogP contribution in [0.1, 0.15) is 11.1 Å². The Balaban J connectivity index is 2.19. The maximum absolute atomic E-state index is 12.1. The Morgan fingerprint density at radius 2 is 1.77 bits per heavy atom. The first kappa shape index (κ1) is 18.2. The summed E-state index contributed by atoms with van der Waals surface area (Å²) in [6.45, 7) is 0. The molecule has 2 N–H and O–H groups in total. The van der Waals surface area contributed by atoms with E-state index >= 15 is 0 Å². The molecule has 0 aromatic heterocycles. The van der Waals surface area contributed by atoms with Crippen molar-refractivity contribution in [2.75, 3.05) is 7.11 Å². The Labute approximate surface area is 155 Å². The summed E-state index contributed by atoms with van der Waals surface area (Å²) in [4.78, 5) is 12.1. The molecular weight excluding hydrogens is 378 g/mol. The Kier molecular flexibility index (Phi) is 4.86. The number of nitrogens with two attached hydrogens (primary N) is 1. The highest BCUT2D eigenvalue weighted by Gasteiger charge is 2.22. The third-order valence-corrected chi connectivity index (χ3v) is 5.04. The van der Waals surface area contributed by atoms with Gasteiger partial charge in [-0.15, -0.1) is 0 Å². The number of carbonyl (C=O) groups excluding carboxylic acids is 1. The summed E-state index contributed by atoms with van der Waals surface area (Å²) in [5.74, 6) is -0.0173. The molecular formula is C18H14ClNO5S. The van der Waals surface area contributed by atoms with Crippen LogP contribution in [0.4, 0.5) is 0 Å². The minimum atomic E-state index is -3.81. The summed E-state index contributed by atoms with van der Waals surface area (Å²) in [7, 11) is -2.31. The average Bonchev–Trinajstić information content (AvgIpc) is 3.01. The molecule has 2 aromatic rings. The fourth-order valence-corrected chi connectivity index (χ4v) is 3.36. The van der Waals surface area contributed by atoms with Crippen molar-refractivity contribution in [2.45, 2.75) is 4.90 Å². The largest absolute Gasteiger partial charge is 0.495 e. The van der Waals surface area contributed by atoms with E-state index in [-0.39, 0.29) is 4.90 Å². The molecule has 0 saturated carbocycles. The van der Waals surface area contributed by atoms with Gasteiger partial charge in [0, 0.05) is 5.57 Å². The van der Waals surface area contributed by atoms with Crippen LogP contribution in [0.2, 0.25) is 5.02 Å². The van der Waals surface area contributed by atoms with Crippen molar-refractivity contribution in [3.05, 3.63) is 76.5 Å². The fourth-order valence-electron chi connectivity index (χ4n) is 2.59. The van der Waals surface area contributed by atoms with Gasteiger partial charge >= 0.3 is 5.97 Å². The highest BCUT2D eigenvalue weighted by atomic mass is 35.5. The SMILES string of the molecule is COc1ccc(C(=C2C=COC2=O)c2ccc(S(N)(=O)=O)cc2)cc1Cl. The van der Waals surface area contributed by atoms with Crippen molar-refractivity contribution in [3.63, 3.8) is 0 Å². The van der Waals surface area contributed by atoms with Crippen molar-refractivity contribution in [3.8, 4) is 5.75 Å². The van der Waals surface area contributed by atoms with Crippen molar-refractivity contribution in [1.29, 1.82) is 0 Å². The highest BCUT2D eigenvalue weighted by Crippen LogP contribution is 2.35. The number of ether oxygens (including phenoxy) is 2. The molecule has 1 aliphatic rings. The molecule has 2 aromatic carbocycles. The lowest BCUT2D eigenvalue weighted by atomic mass is 9.93. The molecule has 8 heteroatoms. The zero-order chi connectivity index (χ0) is 18.9. The molecule has 0 fully saturated rings. The van der Waals surface area contributed by atoms with Crippen LogP contribution < -0.4 is 9.88 Å². The third kappa shape index (κ3) is 3.50. The number of hydrogen-bond acceptors (Lipinski definition) is 5. The van der Waals surface area contributed by atoms with E-state index in [4.69, 9.17) is 26.2 Å². The van der Waals surface area contributed by atoms with Crippen LogP contribution in [0.3, 0.4) is 0 Å². The molecule has 3 rings (SSSR count). The number of hydrogen-bond donors (Lipinski definition) is 1. The highest BCUT2D eigenvalue weighted by molar-refractivity contribution is 7.89. The van der Waals surface area contributed by atoms with Gasteiger partial charge in [0.05, 0.1) is 28.9 Å². The maximum Gasteiger partial charge on any atom is 0.343 e. The summed E-state index contributed by atoms with van der Waals surface area (Å²) in [6.07, 6.45) is 2.84. The predicted molar refractivity (Wildman–Crippen MR) is 97.1 cm³/mol. The van der Waals surface area contributed by atoms with Crippen LogP contribution in [-0.4, -0.2) is 21.5 Å². The minimum absolute atomic E-state index is 0.0251. The summed E-state index contributed by atoms with van der Waals surface area (Å²) in [5, 5.41) is 5.51. The molecule has 0 saturated heterocycles. The summed E-state index contributed by atoms with van der Waals surface area (Å²) < 4.78 is 33.0. The molecule has 0 atom stereocenters. The Bertz CT molecular complexity index is 1040. The Morgan fingerprint density at radius 3 is 2.27 bits per heavy atom. The van der Waals surface area contributed by atoms with E-state index in [0.717, 1.165) is 0 Å². The minimum Gasteiger partial charge on any atom is -0.495 e. The first-order chi connectivity index (χ1) is 12.3. The topological polar surface area (TPSA) is 95.7 Å². The number of methoxy groups -OCH3 is 1. The Hall–Kier alpha value is -2.61. The van der Waals surface area contributed by atoms with Gasteiger partial charge in [-0.05, 0) is 41.5 Å². The van der Waals surface area contributed by atoms with E-state index in [0.29, 0.717) is 33.0 Å². The molecule has 0 bridgehead atoms. The van der Waals surface area contributed by atoms with Crippen LogP contribution in [0.25, 0.3) is 5.57 Å². The molecule has 0 spiro atoms. The van der Waals surface area contributed by atoms with Gasteiger partial charge < -0.3 is 9.47 Å². The fraction of sp³-hybridized carbons (Fsp3) is 0.0556. The Morgan fingerprint density at radius 1 is 1.12 bits per heavy atom. The molecule has 0 unspecified atom stereocenters. The number of halogens is 1. The van der Waals surface area contributed by atoms with Crippen molar-refractivity contribution >= 4 is 33.2 Å². The number of rotatable bonds is 4. The second-order valence-corrected chi connectivity index (χ2v) is 7.38. The van der Waals surface area contributed by atoms with Gasteiger partial charge in [-0.25, -0.2) is 18.4 Å². The lowest BCUT2D eigenvalue weighted by Crippen LogP contribution is -2.12. The van der Waals surface area contributed by atoms with E-state index in [2.05, 4.69) is 0 Å². The van der Waals surface area contributed by atoms with Crippen molar-refractivity contribution < 1.29 is 22.7 Å². The quantitative estimate of drug-likeness (QED) is 0.638. The number of sulfonamides is 1. The van der Waals surface area contributed by atoms with E-state index in [1.165, 1.54) is 25.5 Å².